The number of likely N-dealkylation sites (N-methyl/N-ethyl adjacent to an activating group) is 1. The van der Waals surface area contributed by atoms with Gasteiger partial charge in [0.15, 0.2) is 0 Å². The molecule has 4 nitrogen and oxygen atoms in total. The number of aliphatic hydroxyl groups is 1. The second-order valence-electron chi connectivity index (χ2n) is 4.73. The maximum atomic E-state index is 9.88. The van der Waals surface area contributed by atoms with E-state index in [1.54, 1.807) is 6.08 Å². The molecule has 4 heteroatoms. The van der Waals surface area contributed by atoms with Crippen molar-refractivity contribution in [3.8, 4) is 0 Å². The summed E-state index contributed by atoms with van der Waals surface area (Å²) in [5, 5.41) is 9.88. The van der Waals surface area contributed by atoms with Crippen LogP contribution in [-0.2, 0) is 0 Å². The van der Waals surface area contributed by atoms with E-state index in [-0.39, 0.29) is 5.90 Å². The molecule has 0 aromatic heterocycles. The summed E-state index contributed by atoms with van der Waals surface area (Å²) in [6.07, 6.45) is 10.7. The predicted octanol–water partition coefficient (Wildman–Crippen LogP) is 3.08. The van der Waals surface area contributed by atoms with E-state index in [4.69, 9.17) is 5.73 Å². The largest absolute Gasteiger partial charge is 0.493 e. The smallest absolute Gasteiger partial charge is 0.217 e. The average molecular weight is 261 g/mol. The molecule has 1 atom stereocenters. The first-order chi connectivity index (χ1) is 8.95. The number of nitrogens with zero attached hydrogens (tertiary/aromatic N) is 2. The standard InChI is InChI=1S/C15H23N3O/c1-5-11(2)9-10-18(4)13-7-6-8-14(16)17-15(19)12(13)3/h6-11H,5H2,1-4H3,(H3,16,17,19)/b10-9+. The molecule has 0 aliphatic carbocycles. The van der Waals surface area contributed by atoms with Gasteiger partial charge in [0.05, 0.1) is 0 Å². The SMILES string of the molecule is CCC(C)/C=C/N(C)C1=C(C)/C(O)=N\C(N)=C\C=C\1. The van der Waals surface area contributed by atoms with Gasteiger partial charge >= 0.3 is 0 Å². The maximum Gasteiger partial charge on any atom is 0.217 e. The molecule has 19 heavy (non-hydrogen) atoms. The fraction of sp³-hybridized carbons (Fsp3) is 0.400. The van der Waals surface area contributed by atoms with E-state index in [1.165, 1.54) is 0 Å². The van der Waals surface area contributed by atoms with Gasteiger partial charge in [0.1, 0.15) is 5.82 Å². The molecule has 1 rings (SSSR count). The molecule has 0 fully saturated rings. The van der Waals surface area contributed by atoms with Crippen LogP contribution in [0.1, 0.15) is 27.2 Å². The van der Waals surface area contributed by atoms with Crippen molar-refractivity contribution in [3.05, 3.63) is 47.6 Å². The van der Waals surface area contributed by atoms with E-state index in [0.717, 1.165) is 12.1 Å². The number of nitrogens with two attached hydrogens (primary N) is 1. The van der Waals surface area contributed by atoms with E-state index < -0.39 is 0 Å². The summed E-state index contributed by atoms with van der Waals surface area (Å²) in [5.74, 6) is 0.778. The Bertz CT molecular complexity index is 470. The molecule has 1 unspecified atom stereocenters. The summed E-state index contributed by atoms with van der Waals surface area (Å²) in [4.78, 5) is 5.88. The minimum Gasteiger partial charge on any atom is -0.493 e. The van der Waals surface area contributed by atoms with Gasteiger partial charge in [0, 0.05) is 18.3 Å². The van der Waals surface area contributed by atoms with Crippen LogP contribution < -0.4 is 5.73 Å². The first-order valence-electron chi connectivity index (χ1n) is 6.49. The Kier molecular flexibility index (Phi) is 5.42. The van der Waals surface area contributed by atoms with Crippen LogP contribution in [0.15, 0.2) is 52.6 Å². The van der Waals surface area contributed by atoms with Crippen LogP contribution in [0.5, 0.6) is 0 Å². The molecule has 1 heterocycles. The number of hydrogen-bond acceptors (Lipinski definition) is 3. The average Bonchev–Trinajstić information content (AvgIpc) is 2.38. The van der Waals surface area contributed by atoms with E-state index >= 15 is 0 Å². The first kappa shape index (κ1) is 15.1. The highest BCUT2D eigenvalue weighted by Crippen LogP contribution is 2.15. The number of allylic oxidation sites excluding steroid dienone is 4. The van der Waals surface area contributed by atoms with Crippen molar-refractivity contribution in [2.75, 3.05) is 7.05 Å². The van der Waals surface area contributed by atoms with Crippen molar-refractivity contribution >= 4 is 5.90 Å². The Balaban J connectivity index is 3.01. The molecule has 1 aliphatic rings. The molecule has 3 N–H and O–H groups in total. The predicted molar refractivity (Wildman–Crippen MR) is 80.5 cm³/mol. The van der Waals surface area contributed by atoms with Gasteiger partial charge in [-0.3, -0.25) is 0 Å². The summed E-state index contributed by atoms with van der Waals surface area (Å²) in [5.41, 5.74) is 7.20. The molecule has 0 radical (unpaired) electrons. The number of aliphatic hydroxyl groups excluding tert-OH is 1. The quantitative estimate of drug-likeness (QED) is 0.817. The molecule has 0 aromatic rings. The van der Waals surface area contributed by atoms with Crippen LogP contribution in [0, 0.1) is 5.92 Å². The van der Waals surface area contributed by atoms with Crippen molar-refractivity contribution in [2.45, 2.75) is 27.2 Å². The van der Waals surface area contributed by atoms with Crippen LogP contribution in [0.4, 0.5) is 0 Å². The molecule has 0 aromatic carbocycles. The minimum atomic E-state index is -0.0445. The van der Waals surface area contributed by atoms with Crippen molar-refractivity contribution in [1.29, 1.82) is 0 Å². The highest BCUT2D eigenvalue weighted by molar-refractivity contribution is 5.93. The lowest BCUT2D eigenvalue weighted by atomic mass is 10.1. The van der Waals surface area contributed by atoms with E-state index in [9.17, 15) is 5.11 Å². The Hall–Kier alpha value is -1.97. The molecular weight excluding hydrogens is 238 g/mol. The van der Waals surface area contributed by atoms with Crippen LogP contribution in [0.2, 0.25) is 0 Å². The van der Waals surface area contributed by atoms with E-state index in [0.29, 0.717) is 17.3 Å². The third-order valence-electron chi connectivity index (χ3n) is 3.14. The second kappa shape index (κ2) is 6.83. The van der Waals surface area contributed by atoms with Crippen molar-refractivity contribution in [1.82, 2.24) is 4.90 Å². The van der Waals surface area contributed by atoms with E-state index in [2.05, 4.69) is 24.9 Å². The highest BCUT2D eigenvalue weighted by Gasteiger charge is 2.10. The fourth-order valence-electron chi connectivity index (χ4n) is 1.60. The molecule has 1 aliphatic heterocycles. The lowest BCUT2D eigenvalue weighted by molar-refractivity contribution is 0.535. The Labute approximate surface area is 115 Å². The lowest BCUT2D eigenvalue weighted by Crippen LogP contribution is -2.16. The molecule has 0 spiro atoms. The fourth-order valence-corrected chi connectivity index (χ4v) is 1.60. The van der Waals surface area contributed by atoms with Gasteiger partial charge < -0.3 is 15.7 Å². The zero-order valence-corrected chi connectivity index (χ0v) is 12.1. The minimum absolute atomic E-state index is 0.0445. The number of hydrogen-bond donors (Lipinski definition) is 2. The Morgan fingerprint density at radius 3 is 2.84 bits per heavy atom. The highest BCUT2D eigenvalue weighted by atomic mass is 16.3. The van der Waals surface area contributed by atoms with Crippen molar-refractivity contribution in [3.63, 3.8) is 0 Å². The van der Waals surface area contributed by atoms with E-state index in [1.807, 2.05) is 37.2 Å². The molecule has 0 saturated heterocycles. The van der Waals surface area contributed by atoms with Gasteiger partial charge in [-0.05, 0) is 31.2 Å². The van der Waals surface area contributed by atoms with Gasteiger partial charge in [-0.15, -0.1) is 0 Å². The normalized spacial score (nSPS) is 28.8. The van der Waals surface area contributed by atoms with Gasteiger partial charge in [-0.1, -0.05) is 32.4 Å². The molecular formula is C15H23N3O. The summed E-state index contributed by atoms with van der Waals surface area (Å²) < 4.78 is 0. The van der Waals surface area contributed by atoms with Crippen LogP contribution >= 0.6 is 0 Å². The third kappa shape index (κ3) is 4.32. The van der Waals surface area contributed by atoms with Crippen LogP contribution in [0.25, 0.3) is 0 Å². The molecule has 0 amide bonds. The van der Waals surface area contributed by atoms with Gasteiger partial charge in [0.2, 0.25) is 5.90 Å². The summed E-state index contributed by atoms with van der Waals surface area (Å²) in [6.45, 7) is 6.15. The van der Waals surface area contributed by atoms with Gasteiger partial charge in [-0.25, -0.2) is 0 Å². The number of aliphatic imine (C=N–C) groups is 1. The summed E-state index contributed by atoms with van der Waals surface area (Å²) in [7, 11) is 1.95. The summed E-state index contributed by atoms with van der Waals surface area (Å²) >= 11 is 0. The monoisotopic (exact) mass is 261 g/mol. The zero-order valence-electron chi connectivity index (χ0n) is 12.1. The lowest BCUT2D eigenvalue weighted by Gasteiger charge is -2.19. The Morgan fingerprint density at radius 2 is 2.21 bits per heavy atom. The second-order valence-corrected chi connectivity index (χ2v) is 4.73. The zero-order chi connectivity index (χ0) is 14.4. The van der Waals surface area contributed by atoms with Crippen molar-refractivity contribution in [2.24, 2.45) is 16.6 Å². The maximum absolute atomic E-state index is 9.88. The topological polar surface area (TPSA) is 61.8 Å². The molecule has 104 valence electrons. The third-order valence-corrected chi connectivity index (χ3v) is 3.14. The van der Waals surface area contributed by atoms with Crippen LogP contribution in [0.3, 0.4) is 0 Å². The Morgan fingerprint density at radius 1 is 1.53 bits per heavy atom. The first-order valence-corrected chi connectivity index (χ1v) is 6.49. The van der Waals surface area contributed by atoms with Crippen LogP contribution in [-0.4, -0.2) is 23.0 Å². The van der Waals surface area contributed by atoms with Gasteiger partial charge in [0.25, 0.3) is 0 Å². The molecule has 0 bridgehead atoms. The summed E-state index contributed by atoms with van der Waals surface area (Å²) in [6, 6.07) is 0. The van der Waals surface area contributed by atoms with Gasteiger partial charge in [-0.2, -0.15) is 4.99 Å². The number of rotatable bonds is 4. The van der Waals surface area contributed by atoms with Crippen molar-refractivity contribution < 1.29 is 5.11 Å². The molecule has 0 saturated carbocycles.